The lowest BCUT2D eigenvalue weighted by Gasteiger charge is -2.23. The van der Waals surface area contributed by atoms with Gasteiger partial charge in [0.2, 0.25) is 0 Å². The highest BCUT2D eigenvalue weighted by Gasteiger charge is 2.23. The van der Waals surface area contributed by atoms with Gasteiger partial charge in [-0.2, -0.15) is 0 Å². The molecule has 2 atom stereocenters. The summed E-state index contributed by atoms with van der Waals surface area (Å²) in [6.45, 7) is 4.44. The van der Waals surface area contributed by atoms with Crippen molar-refractivity contribution in [2.75, 3.05) is 0 Å². The Labute approximate surface area is 69.8 Å². The van der Waals surface area contributed by atoms with Crippen LogP contribution in [-0.2, 0) is 0 Å². The Hall–Kier alpha value is -0.0400. The molecule has 0 unspecified atom stereocenters. The fraction of sp³-hybridized carbons (Fsp3) is 1.00. The first-order valence-electron chi connectivity index (χ1n) is 4.90. The first-order chi connectivity index (χ1) is 5.22. The van der Waals surface area contributed by atoms with E-state index in [9.17, 15) is 5.11 Å². The van der Waals surface area contributed by atoms with E-state index in [0.29, 0.717) is 11.8 Å². The molecular formula is C10H20O. The highest BCUT2D eigenvalue weighted by Crippen LogP contribution is 2.28. The highest BCUT2D eigenvalue weighted by atomic mass is 16.3. The molecule has 0 bridgehead atoms. The Morgan fingerprint density at radius 2 is 1.73 bits per heavy atom. The SMILES string of the molecule is CC(C)[C@H]1CCCCC[C@@H]1O. The summed E-state index contributed by atoms with van der Waals surface area (Å²) in [5.74, 6) is 1.22. The highest BCUT2D eigenvalue weighted by molar-refractivity contribution is 4.74. The number of hydrogen-bond acceptors (Lipinski definition) is 1. The van der Waals surface area contributed by atoms with Crippen molar-refractivity contribution >= 4 is 0 Å². The standard InChI is InChI=1S/C10H20O/c1-8(2)9-6-4-3-5-7-10(9)11/h8-11H,3-7H2,1-2H3/t9-,10+/m1/s1. The van der Waals surface area contributed by atoms with E-state index in [1.165, 1.54) is 25.7 Å². The van der Waals surface area contributed by atoms with Gasteiger partial charge in [-0.05, 0) is 24.7 Å². The Balaban J connectivity index is 2.45. The number of hydrogen-bond donors (Lipinski definition) is 1. The molecule has 1 heteroatoms. The first kappa shape index (κ1) is 9.05. The average molecular weight is 156 g/mol. The van der Waals surface area contributed by atoms with Crippen LogP contribution in [0.15, 0.2) is 0 Å². The van der Waals surface area contributed by atoms with Crippen LogP contribution >= 0.6 is 0 Å². The van der Waals surface area contributed by atoms with Gasteiger partial charge in [0, 0.05) is 0 Å². The van der Waals surface area contributed by atoms with E-state index in [2.05, 4.69) is 13.8 Å². The maximum atomic E-state index is 9.72. The van der Waals surface area contributed by atoms with Gasteiger partial charge in [0.05, 0.1) is 6.10 Å². The lowest BCUT2D eigenvalue weighted by Crippen LogP contribution is -2.23. The van der Waals surface area contributed by atoms with Gasteiger partial charge in [0.1, 0.15) is 0 Å². The summed E-state index contributed by atoms with van der Waals surface area (Å²) in [5, 5.41) is 9.72. The van der Waals surface area contributed by atoms with Crippen LogP contribution in [0.3, 0.4) is 0 Å². The Morgan fingerprint density at radius 1 is 1.09 bits per heavy atom. The molecule has 11 heavy (non-hydrogen) atoms. The van der Waals surface area contributed by atoms with Crippen molar-refractivity contribution in [2.45, 2.75) is 52.1 Å². The summed E-state index contributed by atoms with van der Waals surface area (Å²) in [5.41, 5.74) is 0. The molecule has 1 rings (SSSR count). The van der Waals surface area contributed by atoms with E-state index < -0.39 is 0 Å². The van der Waals surface area contributed by atoms with E-state index in [-0.39, 0.29) is 6.10 Å². The van der Waals surface area contributed by atoms with E-state index in [0.717, 1.165) is 6.42 Å². The molecule has 1 N–H and O–H groups in total. The molecule has 1 nitrogen and oxygen atoms in total. The van der Waals surface area contributed by atoms with Crippen LogP contribution in [0.25, 0.3) is 0 Å². The van der Waals surface area contributed by atoms with Crippen molar-refractivity contribution in [3.63, 3.8) is 0 Å². The maximum Gasteiger partial charge on any atom is 0.0570 e. The molecule has 0 aromatic rings. The largest absolute Gasteiger partial charge is 0.393 e. The van der Waals surface area contributed by atoms with Crippen LogP contribution < -0.4 is 0 Å². The molecule has 66 valence electrons. The molecule has 1 saturated carbocycles. The smallest absolute Gasteiger partial charge is 0.0570 e. The molecule has 1 aliphatic rings. The molecule has 1 aliphatic carbocycles. The van der Waals surface area contributed by atoms with Crippen molar-refractivity contribution in [3.05, 3.63) is 0 Å². The Kier molecular flexibility index (Phi) is 3.38. The average Bonchev–Trinajstić information content (AvgIpc) is 2.13. The summed E-state index contributed by atoms with van der Waals surface area (Å²) in [6.07, 6.45) is 6.12. The second-order valence-corrected chi connectivity index (χ2v) is 4.11. The van der Waals surface area contributed by atoms with Crippen molar-refractivity contribution in [1.82, 2.24) is 0 Å². The molecular weight excluding hydrogens is 136 g/mol. The van der Waals surface area contributed by atoms with Crippen molar-refractivity contribution < 1.29 is 5.11 Å². The van der Waals surface area contributed by atoms with Gasteiger partial charge in [-0.25, -0.2) is 0 Å². The number of aliphatic hydroxyl groups is 1. The van der Waals surface area contributed by atoms with Crippen molar-refractivity contribution in [1.29, 1.82) is 0 Å². The van der Waals surface area contributed by atoms with Crippen LogP contribution in [0.4, 0.5) is 0 Å². The van der Waals surface area contributed by atoms with Crippen molar-refractivity contribution in [2.24, 2.45) is 11.8 Å². The summed E-state index contributed by atoms with van der Waals surface area (Å²) in [4.78, 5) is 0. The quantitative estimate of drug-likeness (QED) is 0.578. The molecule has 0 saturated heterocycles. The molecule has 0 aromatic heterocycles. The Bertz CT molecular complexity index is 109. The fourth-order valence-corrected chi connectivity index (χ4v) is 2.09. The molecule has 0 radical (unpaired) electrons. The van der Waals surface area contributed by atoms with Crippen LogP contribution in [0.5, 0.6) is 0 Å². The van der Waals surface area contributed by atoms with Gasteiger partial charge in [-0.15, -0.1) is 0 Å². The van der Waals surface area contributed by atoms with Gasteiger partial charge >= 0.3 is 0 Å². The van der Waals surface area contributed by atoms with Crippen LogP contribution in [-0.4, -0.2) is 11.2 Å². The minimum Gasteiger partial charge on any atom is -0.393 e. The summed E-state index contributed by atoms with van der Waals surface area (Å²) >= 11 is 0. The van der Waals surface area contributed by atoms with Gasteiger partial charge in [-0.3, -0.25) is 0 Å². The molecule has 0 heterocycles. The zero-order valence-electron chi connectivity index (χ0n) is 7.71. The topological polar surface area (TPSA) is 20.2 Å². The normalized spacial score (nSPS) is 33.8. The van der Waals surface area contributed by atoms with Gasteiger partial charge in [0.15, 0.2) is 0 Å². The predicted octanol–water partition coefficient (Wildman–Crippen LogP) is 2.58. The van der Waals surface area contributed by atoms with E-state index in [4.69, 9.17) is 0 Å². The third-order valence-electron chi connectivity index (χ3n) is 2.89. The second-order valence-electron chi connectivity index (χ2n) is 4.11. The minimum absolute atomic E-state index is 0.0162. The molecule has 0 amide bonds. The fourth-order valence-electron chi connectivity index (χ4n) is 2.09. The van der Waals surface area contributed by atoms with Crippen molar-refractivity contribution in [3.8, 4) is 0 Å². The number of rotatable bonds is 1. The van der Waals surface area contributed by atoms with Gasteiger partial charge in [0.25, 0.3) is 0 Å². The third kappa shape index (κ3) is 2.48. The van der Waals surface area contributed by atoms with E-state index in [1.54, 1.807) is 0 Å². The van der Waals surface area contributed by atoms with E-state index >= 15 is 0 Å². The van der Waals surface area contributed by atoms with E-state index in [1.807, 2.05) is 0 Å². The maximum absolute atomic E-state index is 9.72. The lowest BCUT2D eigenvalue weighted by molar-refractivity contribution is 0.0755. The third-order valence-corrected chi connectivity index (χ3v) is 2.89. The zero-order chi connectivity index (χ0) is 8.27. The predicted molar refractivity (Wildman–Crippen MR) is 47.4 cm³/mol. The molecule has 0 aromatic carbocycles. The first-order valence-corrected chi connectivity index (χ1v) is 4.90. The Morgan fingerprint density at radius 3 is 2.36 bits per heavy atom. The summed E-state index contributed by atoms with van der Waals surface area (Å²) in [6, 6.07) is 0. The second kappa shape index (κ2) is 4.10. The monoisotopic (exact) mass is 156 g/mol. The number of aliphatic hydroxyl groups excluding tert-OH is 1. The van der Waals surface area contributed by atoms with Crippen LogP contribution in [0.2, 0.25) is 0 Å². The van der Waals surface area contributed by atoms with Gasteiger partial charge < -0.3 is 5.11 Å². The molecule has 1 fully saturated rings. The lowest BCUT2D eigenvalue weighted by atomic mass is 9.87. The van der Waals surface area contributed by atoms with Crippen LogP contribution in [0, 0.1) is 11.8 Å². The zero-order valence-corrected chi connectivity index (χ0v) is 7.71. The van der Waals surface area contributed by atoms with Gasteiger partial charge in [-0.1, -0.05) is 33.1 Å². The molecule has 0 spiro atoms. The minimum atomic E-state index is -0.0162. The van der Waals surface area contributed by atoms with Crippen LogP contribution in [0.1, 0.15) is 46.0 Å². The summed E-state index contributed by atoms with van der Waals surface area (Å²) in [7, 11) is 0. The summed E-state index contributed by atoms with van der Waals surface area (Å²) < 4.78 is 0. The molecule has 0 aliphatic heterocycles.